The minimum absolute atomic E-state index is 0.756. The second-order valence-electron chi connectivity index (χ2n) is 2.79. The Kier molecular flexibility index (Phi) is 1.45. The Morgan fingerprint density at radius 1 is 1.40 bits per heavy atom. The monoisotopic (exact) mass is 154 g/mol. The number of hydrogen-bond acceptors (Lipinski definition) is 3. The van der Waals surface area contributed by atoms with Crippen molar-refractivity contribution in [1.29, 1.82) is 0 Å². The fraction of sp³-hybridized carbons (Fsp3) is 0.714. The molecule has 1 aromatic rings. The molecule has 1 heterocycles. The SMILES string of the molecule is Cc1nnc(C2CCC2)s1. The van der Waals surface area contributed by atoms with E-state index in [1.54, 1.807) is 11.3 Å². The van der Waals surface area contributed by atoms with Gasteiger partial charge in [0.2, 0.25) is 0 Å². The van der Waals surface area contributed by atoms with Crippen molar-refractivity contribution in [3.8, 4) is 0 Å². The van der Waals surface area contributed by atoms with Crippen LogP contribution in [0.1, 0.15) is 35.2 Å². The van der Waals surface area contributed by atoms with Crippen molar-refractivity contribution in [1.82, 2.24) is 10.2 Å². The van der Waals surface area contributed by atoms with Crippen molar-refractivity contribution in [2.75, 3.05) is 0 Å². The van der Waals surface area contributed by atoms with Gasteiger partial charge < -0.3 is 0 Å². The van der Waals surface area contributed by atoms with E-state index in [-0.39, 0.29) is 0 Å². The van der Waals surface area contributed by atoms with E-state index in [1.807, 2.05) is 6.92 Å². The van der Waals surface area contributed by atoms with E-state index in [4.69, 9.17) is 0 Å². The molecule has 54 valence electrons. The van der Waals surface area contributed by atoms with Gasteiger partial charge in [0.05, 0.1) is 0 Å². The topological polar surface area (TPSA) is 25.8 Å². The van der Waals surface area contributed by atoms with Crippen LogP contribution in [0.25, 0.3) is 0 Å². The van der Waals surface area contributed by atoms with Crippen molar-refractivity contribution < 1.29 is 0 Å². The maximum atomic E-state index is 4.11. The van der Waals surface area contributed by atoms with Crippen LogP contribution in [-0.4, -0.2) is 10.2 Å². The average molecular weight is 154 g/mol. The minimum Gasteiger partial charge on any atom is -0.144 e. The van der Waals surface area contributed by atoms with Crippen molar-refractivity contribution in [2.24, 2.45) is 0 Å². The van der Waals surface area contributed by atoms with E-state index in [1.165, 1.54) is 24.3 Å². The highest BCUT2D eigenvalue weighted by Crippen LogP contribution is 2.37. The molecule has 0 atom stereocenters. The summed E-state index contributed by atoms with van der Waals surface area (Å²) in [7, 11) is 0. The summed E-state index contributed by atoms with van der Waals surface area (Å²) in [6.45, 7) is 2.01. The summed E-state index contributed by atoms with van der Waals surface area (Å²) in [5, 5.41) is 10.4. The van der Waals surface area contributed by atoms with Gasteiger partial charge in [-0.2, -0.15) is 0 Å². The maximum Gasteiger partial charge on any atom is 0.120 e. The second kappa shape index (κ2) is 2.31. The lowest BCUT2D eigenvalue weighted by Gasteiger charge is -2.21. The van der Waals surface area contributed by atoms with Gasteiger partial charge in [0.1, 0.15) is 10.0 Å². The molecule has 0 bridgehead atoms. The Hall–Kier alpha value is -0.440. The van der Waals surface area contributed by atoms with Gasteiger partial charge in [-0.1, -0.05) is 6.42 Å². The number of aryl methyl sites for hydroxylation is 1. The first-order valence-electron chi connectivity index (χ1n) is 3.66. The maximum absolute atomic E-state index is 4.11. The molecule has 10 heavy (non-hydrogen) atoms. The number of aromatic nitrogens is 2. The summed E-state index contributed by atoms with van der Waals surface area (Å²) in [5.74, 6) is 0.756. The normalized spacial score (nSPS) is 18.9. The zero-order valence-corrected chi connectivity index (χ0v) is 6.82. The highest BCUT2D eigenvalue weighted by atomic mass is 32.1. The van der Waals surface area contributed by atoms with Gasteiger partial charge in [0, 0.05) is 5.92 Å². The Labute approximate surface area is 64.3 Å². The van der Waals surface area contributed by atoms with Crippen molar-refractivity contribution in [2.45, 2.75) is 32.1 Å². The van der Waals surface area contributed by atoms with Crippen molar-refractivity contribution in [3.63, 3.8) is 0 Å². The fourth-order valence-electron chi connectivity index (χ4n) is 1.13. The molecule has 1 saturated carbocycles. The summed E-state index contributed by atoms with van der Waals surface area (Å²) in [4.78, 5) is 0. The lowest BCUT2D eigenvalue weighted by Crippen LogP contribution is -2.07. The Morgan fingerprint density at radius 2 is 2.20 bits per heavy atom. The van der Waals surface area contributed by atoms with Crippen LogP contribution < -0.4 is 0 Å². The van der Waals surface area contributed by atoms with Crippen LogP contribution in [0.4, 0.5) is 0 Å². The smallest absolute Gasteiger partial charge is 0.120 e. The van der Waals surface area contributed by atoms with Crippen LogP contribution in [0.15, 0.2) is 0 Å². The summed E-state index contributed by atoms with van der Waals surface area (Å²) < 4.78 is 0. The molecular weight excluding hydrogens is 144 g/mol. The van der Waals surface area contributed by atoms with E-state index in [0.717, 1.165) is 10.9 Å². The summed E-state index contributed by atoms with van der Waals surface area (Å²) in [6, 6.07) is 0. The van der Waals surface area contributed by atoms with Crippen LogP contribution in [0.5, 0.6) is 0 Å². The van der Waals surface area contributed by atoms with Crippen LogP contribution in [0.3, 0.4) is 0 Å². The van der Waals surface area contributed by atoms with E-state index in [0.29, 0.717) is 0 Å². The van der Waals surface area contributed by atoms with Crippen LogP contribution >= 0.6 is 11.3 Å². The predicted octanol–water partition coefficient (Wildman–Crippen LogP) is 2.11. The largest absolute Gasteiger partial charge is 0.144 e. The molecule has 0 saturated heterocycles. The third kappa shape index (κ3) is 0.944. The average Bonchev–Trinajstić information content (AvgIpc) is 2.10. The number of hydrogen-bond donors (Lipinski definition) is 0. The van der Waals surface area contributed by atoms with Gasteiger partial charge in [-0.15, -0.1) is 21.5 Å². The molecule has 2 rings (SSSR count). The second-order valence-corrected chi connectivity index (χ2v) is 4.00. The highest BCUT2D eigenvalue weighted by Gasteiger charge is 2.22. The molecule has 0 unspecified atom stereocenters. The summed E-state index contributed by atoms with van der Waals surface area (Å²) in [6.07, 6.45) is 4.03. The van der Waals surface area contributed by atoms with E-state index in [9.17, 15) is 0 Å². The fourth-order valence-corrected chi connectivity index (χ4v) is 2.00. The Morgan fingerprint density at radius 3 is 2.60 bits per heavy atom. The summed E-state index contributed by atoms with van der Waals surface area (Å²) >= 11 is 1.75. The molecule has 1 fully saturated rings. The van der Waals surface area contributed by atoms with Gasteiger partial charge >= 0.3 is 0 Å². The van der Waals surface area contributed by atoms with Crippen LogP contribution in [0, 0.1) is 6.92 Å². The molecular formula is C7H10N2S. The molecule has 1 aromatic heterocycles. The van der Waals surface area contributed by atoms with E-state index < -0.39 is 0 Å². The molecule has 2 nitrogen and oxygen atoms in total. The van der Waals surface area contributed by atoms with Gasteiger partial charge in [-0.3, -0.25) is 0 Å². The number of rotatable bonds is 1. The first-order chi connectivity index (χ1) is 4.86. The molecule has 0 radical (unpaired) electrons. The minimum atomic E-state index is 0.756. The van der Waals surface area contributed by atoms with Gasteiger partial charge in [0.25, 0.3) is 0 Å². The Balaban J connectivity index is 2.17. The third-order valence-electron chi connectivity index (χ3n) is 2.00. The Bertz CT molecular complexity index is 227. The van der Waals surface area contributed by atoms with Gasteiger partial charge in [0.15, 0.2) is 0 Å². The van der Waals surface area contributed by atoms with Gasteiger partial charge in [-0.25, -0.2) is 0 Å². The first kappa shape index (κ1) is 6.28. The first-order valence-corrected chi connectivity index (χ1v) is 4.48. The molecule has 1 aliphatic rings. The van der Waals surface area contributed by atoms with Gasteiger partial charge in [-0.05, 0) is 19.8 Å². The molecule has 0 aromatic carbocycles. The molecule has 0 aliphatic heterocycles. The van der Waals surface area contributed by atoms with E-state index >= 15 is 0 Å². The predicted molar refractivity (Wildman–Crippen MR) is 41.2 cm³/mol. The third-order valence-corrected chi connectivity index (χ3v) is 3.00. The van der Waals surface area contributed by atoms with Crippen molar-refractivity contribution >= 4 is 11.3 Å². The quantitative estimate of drug-likeness (QED) is 0.619. The number of nitrogens with zero attached hydrogens (tertiary/aromatic N) is 2. The van der Waals surface area contributed by atoms with Crippen molar-refractivity contribution in [3.05, 3.63) is 10.0 Å². The highest BCUT2D eigenvalue weighted by molar-refractivity contribution is 7.11. The molecule has 0 N–H and O–H groups in total. The zero-order chi connectivity index (χ0) is 6.97. The molecule has 3 heteroatoms. The van der Waals surface area contributed by atoms with E-state index in [2.05, 4.69) is 10.2 Å². The summed E-state index contributed by atoms with van der Waals surface area (Å²) in [5.41, 5.74) is 0. The zero-order valence-electron chi connectivity index (χ0n) is 6.00. The lowest BCUT2D eigenvalue weighted by molar-refractivity contribution is 0.416. The molecule has 0 amide bonds. The van der Waals surface area contributed by atoms with Crippen LogP contribution in [-0.2, 0) is 0 Å². The molecule has 1 aliphatic carbocycles. The lowest BCUT2D eigenvalue weighted by atomic mass is 9.86. The van der Waals surface area contributed by atoms with Crippen LogP contribution in [0.2, 0.25) is 0 Å². The standard InChI is InChI=1S/C7H10N2S/c1-5-8-9-7(10-5)6-3-2-4-6/h6H,2-4H2,1H3. The molecule has 0 spiro atoms.